The summed E-state index contributed by atoms with van der Waals surface area (Å²) in [6, 6.07) is 10.2. The summed E-state index contributed by atoms with van der Waals surface area (Å²) in [7, 11) is 3.09. The molecule has 0 spiro atoms. The van der Waals surface area contributed by atoms with Gasteiger partial charge in [0.05, 0.1) is 26.7 Å². The fraction of sp³-hybridized carbons (Fsp3) is 0.333. The predicted octanol–water partition coefficient (Wildman–Crippen LogP) is 3.62. The van der Waals surface area contributed by atoms with Gasteiger partial charge in [-0.1, -0.05) is 18.2 Å². The standard InChI is InChI=1S/C21H24N2O5/c1-13-6-4-5-7-16(13)22-21(26)23-9-8-14-10-18(27-2)19(28-3)11-15(14)17(23)12-20(24)25/h4-7,10-11,17H,8-9,12H2,1-3H3,(H,22,26)(H,24,25). The maximum atomic E-state index is 13.0. The molecule has 0 aliphatic carbocycles. The minimum atomic E-state index is -0.971. The van der Waals surface area contributed by atoms with Gasteiger partial charge in [0, 0.05) is 12.2 Å². The van der Waals surface area contributed by atoms with Gasteiger partial charge in [0.25, 0.3) is 0 Å². The Hall–Kier alpha value is -3.22. The average Bonchev–Trinajstić information content (AvgIpc) is 2.68. The number of carboxylic acid groups (broad SMARTS) is 1. The number of ether oxygens (including phenoxy) is 2. The molecule has 3 rings (SSSR count). The first-order chi connectivity index (χ1) is 13.4. The molecule has 1 atom stereocenters. The Morgan fingerprint density at radius 2 is 1.86 bits per heavy atom. The minimum absolute atomic E-state index is 0.191. The Balaban J connectivity index is 1.95. The van der Waals surface area contributed by atoms with Crippen LogP contribution < -0.4 is 14.8 Å². The Bertz CT molecular complexity index is 896. The number of carbonyl (C=O) groups excluding carboxylic acids is 1. The number of aliphatic carboxylic acids is 1. The molecular weight excluding hydrogens is 360 g/mol. The molecule has 0 saturated carbocycles. The zero-order chi connectivity index (χ0) is 20.3. The number of carboxylic acids is 1. The smallest absolute Gasteiger partial charge is 0.322 e. The zero-order valence-corrected chi connectivity index (χ0v) is 16.2. The number of fused-ring (bicyclic) bond motifs is 1. The van der Waals surface area contributed by atoms with Crippen LogP contribution in [0.2, 0.25) is 0 Å². The molecule has 2 aromatic rings. The maximum Gasteiger partial charge on any atom is 0.322 e. The Morgan fingerprint density at radius 1 is 1.18 bits per heavy atom. The topological polar surface area (TPSA) is 88.1 Å². The number of hydrogen-bond donors (Lipinski definition) is 2. The van der Waals surface area contributed by atoms with Gasteiger partial charge in [0.1, 0.15) is 0 Å². The number of amides is 2. The lowest BCUT2D eigenvalue weighted by Crippen LogP contribution is -2.43. The molecule has 2 aromatic carbocycles. The molecular formula is C21H24N2O5. The molecule has 1 aliphatic heterocycles. The molecule has 1 heterocycles. The normalized spacial score (nSPS) is 15.5. The van der Waals surface area contributed by atoms with Crippen LogP contribution in [-0.4, -0.2) is 42.8 Å². The van der Waals surface area contributed by atoms with E-state index in [-0.39, 0.29) is 12.5 Å². The van der Waals surface area contributed by atoms with Gasteiger partial charge in [-0.05, 0) is 48.2 Å². The van der Waals surface area contributed by atoms with Crippen molar-refractivity contribution >= 4 is 17.7 Å². The molecule has 0 aromatic heterocycles. The highest BCUT2D eigenvalue weighted by Gasteiger charge is 2.33. The van der Waals surface area contributed by atoms with Gasteiger partial charge in [-0.3, -0.25) is 4.79 Å². The van der Waals surface area contributed by atoms with Crippen molar-refractivity contribution in [3.63, 3.8) is 0 Å². The molecule has 2 N–H and O–H groups in total. The van der Waals surface area contributed by atoms with Crippen LogP contribution >= 0.6 is 0 Å². The SMILES string of the molecule is COc1cc2c(cc1OC)C(CC(=O)O)N(C(=O)Nc1ccccc1C)CC2. The summed E-state index contributed by atoms with van der Waals surface area (Å²) in [5.41, 5.74) is 3.38. The van der Waals surface area contributed by atoms with E-state index in [1.807, 2.05) is 37.3 Å². The van der Waals surface area contributed by atoms with E-state index in [0.717, 1.165) is 16.7 Å². The summed E-state index contributed by atoms with van der Waals surface area (Å²) in [4.78, 5) is 26.1. The van der Waals surface area contributed by atoms with Crippen molar-refractivity contribution < 1.29 is 24.2 Å². The summed E-state index contributed by atoms with van der Waals surface area (Å²) in [5, 5.41) is 12.3. The second-order valence-corrected chi connectivity index (χ2v) is 6.71. The molecule has 7 heteroatoms. The van der Waals surface area contributed by atoms with Gasteiger partial charge < -0.3 is 24.8 Å². The van der Waals surface area contributed by atoms with Gasteiger partial charge in [-0.2, -0.15) is 0 Å². The Labute approximate surface area is 163 Å². The van der Waals surface area contributed by atoms with E-state index in [0.29, 0.717) is 30.2 Å². The molecule has 0 saturated heterocycles. The van der Waals surface area contributed by atoms with E-state index in [9.17, 15) is 14.7 Å². The number of nitrogens with zero attached hydrogens (tertiary/aromatic N) is 1. The zero-order valence-electron chi connectivity index (χ0n) is 16.2. The highest BCUT2D eigenvalue weighted by atomic mass is 16.5. The molecule has 1 unspecified atom stereocenters. The van der Waals surface area contributed by atoms with Crippen LogP contribution in [0.25, 0.3) is 0 Å². The van der Waals surface area contributed by atoms with E-state index in [4.69, 9.17) is 9.47 Å². The summed E-state index contributed by atoms with van der Waals surface area (Å²) >= 11 is 0. The van der Waals surface area contributed by atoms with E-state index in [1.54, 1.807) is 18.1 Å². The maximum absolute atomic E-state index is 13.0. The third-order valence-electron chi connectivity index (χ3n) is 5.02. The summed E-state index contributed by atoms with van der Waals surface area (Å²) in [6.45, 7) is 2.32. The van der Waals surface area contributed by atoms with Crippen molar-refractivity contribution in [2.45, 2.75) is 25.8 Å². The Kier molecular flexibility index (Phi) is 5.73. The van der Waals surface area contributed by atoms with E-state index in [2.05, 4.69) is 5.32 Å². The predicted molar refractivity (Wildman–Crippen MR) is 105 cm³/mol. The van der Waals surface area contributed by atoms with Crippen LogP contribution in [0, 0.1) is 6.92 Å². The summed E-state index contributed by atoms with van der Waals surface area (Å²) in [6.07, 6.45) is 0.413. The Morgan fingerprint density at radius 3 is 2.50 bits per heavy atom. The molecule has 28 heavy (non-hydrogen) atoms. The van der Waals surface area contributed by atoms with Crippen molar-refractivity contribution in [2.75, 3.05) is 26.1 Å². The highest BCUT2D eigenvalue weighted by Crippen LogP contribution is 2.39. The number of hydrogen-bond acceptors (Lipinski definition) is 4. The third-order valence-corrected chi connectivity index (χ3v) is 5.02. The first kappa shape index (κ1) is 19.5. The van der Waals surface area contributed by atoms with Crippen molar-refractivity contribution in [1.29, 1.82) is 0 Å². The monoisotopic (exact) mass is 384 g/mol. The number of para-hydroxylation sites is 1. The lowest BCUT2D eigenvalue weighted by molar-refractivity contribution is -0.138. The number of rotatable bonds is 5. The molecule has 0 radical (unpaired) electrons. The molecule has 2 amide bonds. The number of benzene rings is 2. The first-order valence-corrected chi connectivity index (χ1v) is 9.04. The van der Waals surface area contributed by atoms with Crippen molar-refractivity contribution in [3.05, 3.63) is 53.1 Å². The van der Waals surface area contributed by atoms with Crippen molar-refractivity contribution in [1.82, 2.24) is 4.90 Å². The second kappa shape index (κ2) is 8.21. The van der Waals surface area contributed by atoms with Crippen LogP contribution in [0.15, 0.2) is 36.4 Å². The second-order valence-electron chi connectivity index (χ2n) is 6.71. The highest BCUT2D eigenvalue weighted by molar-refractivity contribution is 5.91. The minimum Gasteiger partial charge on any atom is -0.493 e. The number of carbonyl (C=O) groups is 2. The van der Waals surface area contributed by atoms with Crippen molar-refractivity contribution in [3.8, 4) is 11.5 Å². The summed E-state index contributed by atoms with van der Waals surface area (Å²) in [5.74, 6) is 0.132. The molecule has 0 fully saturated rings. The van der Waals surface area contributed by atoms with E-state index in [1.165, 1.54) is 7.11 Å². The summed E-state index contributed by atoms with van der Waals surface area (Å²) < 4.78 is 10.7. The lowest BCUT2D eigenvalue weighted by atomic mass is 9.90. The fourth-order valence-corrected chi connectivity index (χ4v) is 3.56. The van der Waals surface area contributed by atoms with Crippen LogP contribution in [0.3, 0.4) is 0 Å². The molecule has 148 valence electrons. The first-order valence-electron chi connectivity index (χ1n) is 9.04. The number of nitrogens with one attached hydrogen (secondary N) is 1. The number of urea groups is 1. The number of methoxy groups -OCH3 is 2. The van der Waals surface area contributed by atoms with E-state index >= 15 is 0 Å². The van der Waals surface area contributed by atoms with Crippen LogP contribution in [0.5, 0.6) is 11.5 Å². The van der Waals surface area contributed by atoms with Gasteiger partial charge in [-0.25, -0.2) is 4.79 Å². The van der Waals surface area contributed by atoms with Gasteiger partial charge in [-0.15, -0.1) is 0 Å². The van der Waals surface area contributed by atoms with Crippen LogP contribution in [0.1, 0.15) is 29.2 Å². The van der Waals surface area contributed by atoms with Gasteiger partial charge in [0.15, 0.2) is 11.5 Å². The lowest BCUT2D eigenvalue weighted by Gasteiger charge is -2.37. The van der Waals surface area contributed by atoms with Crippen LogP contribution in [-0.2, 0) is 11.2 Å². The number of anilines is 1. The fourth-order valence-electron chi connectivity index (χ4n) is 3.56. The largest absolute Gasteiger partial charge is 0.493 e. The van der Waals surface area contributed by atoms with Gasteiger partial charge in [0.2, 0.25) is 0 Å². The van der Waals surface area contributed by atoms with E-state index < -0.39 is 12.0 Å². The molecule has 7 nitrogen and oxygen atoms in total. The molecule has 1 aliphatic rings. The molecule has 0 bridgehead atoms. The van der Waals surface area contributed by atoms with Gasteiger partial charge >= 0.3 is 12.0 Å². The number of aryl methyl sites for hydroxylation is 1. The van der Waals surface area contributed by atoms with Crippen LogP contribution in [0.4, 0.5) is 10.5 Å². The third kappa shape index (κ3) is 3.88. The van der Waals surface area contributed by atoms with Crippen molar-refractivity contribution in [2.24, 2.45) is 0 Å². The quantitative estimate of drug-likeness (QED) is 0.822. The average molecular weight is 384 g/mol.